The molecular weight excluding hydrogens is 288 g/mol. The van der Waals surface area contributed by atoms with Crippen molar-refractivity contribution in [2.75, 3.05) is 20.2 Å². The van der Waals surface area contributed by atoms with Crippen molar-refractivity contribution in [2.45, 2.75) is 31.7 Å². The van der Waals surface area contributed by atoms with E-state index >= 15 is 0 Å². The van der Waals surface area contributed by atoms with Gasteiger partial charge in [0, 0.05) is 0 Å². The van der Waals surface area contributed by atoms with Gasteiger partial charge in [-0.05, 0) is 55.3 Å². The topological polar surface area (TPSA) is 50.4 Å². The van der Waals surface area contributed by atoms with Crippen molar-refractivity contribution >= 4 is 18.3 Å². The van der Waals surface area contributed by atoms with E-state index in [0.717, 1.165) is 31.1 Å². The van der Waals surface area contributed by atoms with Crippen LogP contribution in [0.2, 0.25) is 0 Å². The van der Waals surface area contributed by atoms with Gasteiger partial charge < -0.3 is 15.4 Å². The highest BCUT2D eigenvalue weighted by Gasteiger charge is 2.26. The molecule has 2 aliphatic rings. The zero-order chi connectivity index (χ0) is 13.9. The summed E-state index contributed by atoms with van der Waals surface area (Å²) in [5.74, 6) is 1.83. The lowest BCUT2D eigenvalue weighted by Gasteiger charge is -2.15. The lowest BCUT2D eigenvalue weighted by Crippen LogP contribution is -2.36. The van der Waals surface area contributed by atoms with Crippen LogP contribution in [0.25, 0.3) is 0 Å². The van der Waals surface area contributed by atoms with E-state index in [1.54, 1.807) is 7.11 Å². The Hall–Kier alpha value is -1.26. The molecule has 2 aliphatic carbocycles. The smallest absolute Gasteiger partial charge is 0.234 e. The molecule has 1 atom stereocenters. The van der Waals surface area contributed by atoms with Gasteiger partial charge in [0.15, 0.2) is 0 Å². The minimum absolute atomic E-state index is 0. The molecular formula is C16H23ClN2O2. The predicted octanol–water partition coefficient (Wildman–Crippen LogP) is 2.22. The molecule has 0 aromatic heterocycles. The molecule has 1 aromatic rings. The van der Waals surface area contributed by atoms with E-state index in [9.17, 15) is 4.79 Å². The van der Waals surface area contributed by atoms with Gasteiger partial charge in [-0.2, -0.15) is 0 Å². The van der Waals surface area contributed by atoms with Gasteiger partial charge in [0.2, 0.25) is 5.91 Å². The van der Waals surface area contributed by atoms with E-state index in [4.69, 9.17) is 4.74 Å². The lowest BCUT2D eigenvalue weighted by molar-refractivity contribution is -0.121. The van der Waals surface area contributed by atoms with Crippen molar-refractivity contribution in [3.8, 4) is 5.75 Å². The van der Waals surface area contributed by atoms with E-state index in [1.807, 2.05) is 12.1 Å². The van der Waals surface area contributed by atoms with E-state index in [-0.39, 0.29) is 24.4 Å². The number of methoxy groups -OCH3 is 1. The minimum Gasteiger partial charge on any atom is -0.496 e. The molecule has 2 N–H and O–H groups in total. The fraction of sp³-hybridized carbons (Fsp3) is 0.562. The molecule has 3 rings (SSSR count). The molecule has 0 spiro atoms. The molecule has 0 aliphatic heterocycles. The molecule has 21 heavy (non-hydrogen) atoms. The zero-order valence-corrected chi connectivity index (χ0v) is 13.2. The number of carbonyl (C=O) groups excluding carboxylic acids is 1. The van der Waals surface area contributed by atoms with Crippen molar-refractivity contribution in [1.82, 2.24) is 10.6 Å². The fourth-order valence-electron chi connectivity index (χ4n) is 2.92. The van der Waals surface area contributed by atoms with Crippen LogP contribution >= 0.6 is 12.4 Å². The number of hydrogen-bond donors (Lipinski definition) is 2. The first kappa shape index (κ1) is 16.1. The first-order chi connectivity index (χ1) is 9.78. The minimum atomic E-state index is 0. The van der Waals surface area contributed by atoms with Crippen molar-refractivity contribution in [3.05, 3.63) is 29.3 Å². The van der Waals surface area contributed by atoms with E-state index in [1.165, 1.54) is 24.0 Å². The highest BCUT2D eigenvalue weighted by Crippen LogP contribution is 2.36. The molecule has 1 fully saturated rings. The Morgan fingerprint density at radius 2 is 2.14 bits per heavy atom. The summed E-state index contributed by atoms with van der Waals surface area (Å²) in [5.41, 5.74) is 2.45. The van der Waals surface area contributed by atoms with Crippen LogP contribution < -0.4 is 15.4 Å². The molecule has 1 amide bonds. The summed E-state index contributed by atoms with van der Waals surface area (Å²) in [4.78, 5) is 12.0. The number of fused-ring (bicyclic) bond motifs is 1. The first-order valence-corrected chi connectivity index (χ1v) is 7.44. The van der Waals surface area contributed by atoms with Crippen molar-refractivity contribution in [2.24, 2.45) is 5.92 Å². The molecule has 1 aromatic carbocycles. The highest BCUT2D eigenvalue weighted by atomic mass is 35.5. The van der Waals surface area contributed by atoms with Crippen LogP contribution in [0.1, 0.15) is 36.4 Å². The number of halogens is 1. The van der Waals surface area contributed by atoms with Gasteiger partial charge in [0.25, 0.3) is 0 Å². The largest absolute Gasteiger partial charge is 0.496 e. The SMILES string of the molecule is COc1cccc2c1CCC2NC(=O)CNCC1CC1.Cl. The van der Waals surface area contributed by atoms with E-state index < -0.39 is 0 Å². The number of rotatable bonds is 6. The number of carbonyl (C=O) groups is 1. The van der Waals surface area contributed by atoms with E-state index in [0.29, 0.717) is 6.54 Å². The van der Waals surface area contributed by atoms with Crippen molar-refractivity contribution in [1.29, 1.82) is 0 Å². The van der Waals surface area contributed by atoms with Crippen LogP contribution in [-0.2, 0) is 11.2 Å². The Kier molecular flexibility index (Phi) is 5.48. The summed E-state index contributed by atoms with van der Waals surface area (Å²) >= 11 is 0. The molecule has 116 valence electrons. The Balaban J connectivity index is 0.00000161. The maximum Gasteiger partial charge on any atom is 0.234 e. The third-order valence-corrected chi connectivity index (χ3v) is 4.20. The quantitative estimate of drug-likeness (QED) is 0.847. The Bertz CT molecular complexity index is 503. The highest BCUT2D eigenvalue weighted by molar-refractivity contribution is 5.85. The van der Waals surface area contributed by atoms with Crippen LogP contribution in [0.5, 0.6) is 5.75 Å². The third kappa shape index (κ3) is 3.89. The van der Waals surface area contributed by atoms with Crippen molar-refractivity contribution < 1.29 is 9.53 Å². The Labute approximate surface area is 132 Å². The fourth-order valence-corrected chi connectivity index (χ4v) is 2.92. The molecule has 0 radical (unpaired) electrons. The van der Waals surface area contributed by atoms with Crippen LogP contribution in [0, 0.1) is 5.92 Å². The van der Waals surface area contributed by atoms with Crippen molar-refractivity contribution in [3.63, 3.8) is 0 Å². The van der Waals surface area contributed by atoms with Gasteiger partial charge in [0.05, 0.1) is 19.7 Å². The number of ether oxygens (including phenoxy) is 1. The number of amides is 1. The maximum absolute atomic E-state index is 12.0. The average molecular weight is 311 g/mol. The van der Waals surface area contributed by atoms with Crippen LogP contribution in [-0.4, -0.2) is 26.1 Å². The number of nitrogens with one attached hydrogen (secondary N) is 2. The summed E-state index contributed by atoms with van der Waals surface area (Å²) in [6, 6.07) is 6.21. The summed E-state index contributed by atoms with van der Waals surface area (Å²) in [7, 11) is 1.70. The third-order valence-electron chi connectivity index (χ3n) is 4.20. The molecule has 1 saturated carbocycles. The van der Waals surface area contributed by atoms with E-state index in [2.05, 4.69) is 16.7 Å². The van der Waals surface area contributed by atoms with Crippen LogP contribution in [0.3, 0.4) is 0 Å². The molecule has 4 nitrogen and oxygen atoms in total. The standard InChI is InChI=1S/C16H22N2O2.ClH/c1-20-15-4-2-3-12-13(15)7-8-14(12)18-16(19)10-17-9-11-5-6-11;/h2-4,11,14,17H,5-10H2,1H3,(H,18,19);1H. The van der Waals surface area contributed by atoms with Gasteiger partial charge in [-0.3, -0.25) is 4.79 Å². The van der Waals surface area contributed by atoms with Gasteiger partial charge >= 0.3 is 0 Å². The molecule has 0 heterocycles. The van der Waals surface area contributed by atoms with Crippen LogP contribution in [0.15, 0.2) is 18.2 Å². The first-order valence-electron chi connectivity index (χ1n) is 7.44. The van der Waals surface area contributed by atoms with Crippen LogP contribution in [0.4, 0.5) is 0 Å². The molecule has 5 heteroatoms. The Morgan fingerprint density at radius 3 is 2.86 bits per heavy atom. The maximum atomic E-state index is 12.0. The number of benzene rings is 1. The molecule has 1 unspecified atom stereocenters. The van der Waals surface area contributed by atoms with Gasteiger partial charge in [-0.1, -0.05) is 12.1 Å². The van der Waals surface area contributed by atoms with Gasteiger partial charge in [-0.15, -0.1) is 12.4 Å². The van der Waals surface area contributed by atoms with Gasteiger partial charge in [-0.25, -0.2) is 0 Å². The summed E-state index contributed by atoms with van der Waals surface area (Å²) in [5, 5.41) is 6.35. The summed E-state index contributed by atoms with van der Waals surface area (Å²) < 4.78 is 5.38. The second-order valence-electron chi connectivity index (χ2n) is 5.76. The Morgan fingerprint density at radius 1 is 1.33 bits per heavy atom. The molecule has 0 saturated heterocycles. The number of hydrogen-bond acceptors (Lipinski definition) is 3. The predicted molar refractivity (Wildman–Crippen MR) is 85.0 cm³/mol. The molecule has 0 bridgehead atoms. The van der Waals surface area contributed by atoms with Gasteiger partial charge in [0.1, 0.15) is 5.75 Å². The monoisotopic (exact) mass is 310 g/mol. The second-order valence-corrected chi connectivity index (χ2v) is 5.76. The average Bonchev–Trinajstić information content (AvgIpc) is 3.19. The lowest BCUT2D eigenvalue weighted by atomic mass is 10.1. The zero-order valence-electron chi connectivity index (χ0n) is 12.4. The normalized spacial score (nSPS) is 19.6. The summed E-state index contributed by atoms with van der Waals surface area (Å²) in [6.45, 7) is 1.40. The summed E-state index contributed by atoms with van der Waals surface area (Å²) in [6.07, 6.45) is 4.55. The second kappa shape index (κ2) is 7.14.